The minimum Gasteiger partial charge on any atom is -0.409 e. The van der Waals surface area contributed by atoms with Crippen LogP contribution in [0.5, 0.6) is 0 Å². The zero-order chi connectivity index (χ0) is 15.7. The van der Waals surface area contributed by atoms with Gasteiger partial charge in [0.1, 0.15) is 4.21 Å². The number of amidine groups is 1. The van der Waals surface area contributed by atoms with Gasteiger partial charge in [-0.2, -0.15) is 4.72 Å². The predicted octanol–water partition coefficient (Wildman–Crippen LogP) is 2.38. The number of oxime groups is 1. The Balaban J connectivity index is 2.31. The molecule has 0 amide bonds. The summed E-state index contributed by atoms with van der Waals surface area (Å²) in [5.41, 5.74) is 4.74. The van der Waals surface area contributed by atoms with Crippen LogP contribution in [0.3, 0.4) is 0 Å². The highest BCUT2D eigenvalue weighted by Crippen LogP contribution is 2.34. The standard InChI is InChI=1S/C12H18ClN3O3S2/c1-8-4-6-12(7-5-8,11(14)15-17)16-21(18,19)10-3-2-9(13)20-10/h2-3,8,16-17H,4-7H2,1H3,(H2,14,15). The first-order valence-electron chi connectivity index (χ1n) is 6.56. The number of nitrogens with one attached hydrogen (secondary N) is 1. The quantitative estimate of drug-likeness (QED) is 0.335. The Kier molecular flexibility index (Phi) is 4.82. The van der Waals surface area contributed by atoms with E-state index < -0.39 is 15.6 Å². The number of nitrogens with two attached hydrogens (primary N) is 1. The van der Waals surface area contributed by atoms with Gasteiger partial charge in [-0.05, 0) is 43.7 Å². The molecule has 0 radical (unpaired) electrons. The molecule has 6 nitrogen and oxygen atoms in total. The predicted molar refractivity (Wildman–Crippen MR) is 83.4 cm³/mol. The van der Waals surface area contributed by atoms with Crippen LogP contribution in [0.25, 0.3) is 0 Å². The lowest BCUT2D eigenvalue weighted by Gasteiger charge is -2.38. The fraction of sp³-hybridized carbons (Fsp3) is 0.583. The lowest BCUT2D eigenvalue weighted by atomic mass is 9.77. The van der Waals surface area contributed by atoms with E-state index in [1.807, 2.05) is 0 Å². The molecular weight excluding hydrogens is 334 g/mol. The van der Waals surface area contributed by atoms with Crippen LogP contribution in [0.15, 0.2) is 21.5 Å². The van der Waals surface area contributed by atoms with Crippen LogP contribution in [0.1, 0.15) is 32.6 Å². The first kappa shape index (κ1) is 16.5. The van der Waals surface area contributed by atoms with Crippen LogP contribution >= 0.6 is 22.9 Å². The molecule has 1 heterocycles. The van der Waals surface area contributed by atoms with Crippen molar-refractivity contribution in [2.45, 2.75) is 42.4 Å². The average Bonchev–Trinajstić information content (AvgIpc) is 2.88. The van der Waals surface area contributed by atoms with Gasteiger partial charge in [-0.3, -0.25) is 0 Å². The summed E-state index contributed by atoms with van der Waals surface area (Å²) in [6.07, 6.45) is 2.62. The van der Waals surface area contributed by atoms with E-state index in [0.717, 1.165) is 24.2 Å². The van der Waals surface area contributed by atoms with Gasteiger partial charge in [0.05, 0.1) is 9.88 Å². The van der Waals surface area contributed by atoms with Crippen molar-refractivity contribution in [2.24, 2.45) is 16.8 Å². The summed E-state index contributed by atoms with van der Waals surface area (Å²) >= 11 is 6.76. The minimum atomic E-state index is -3.76. The summed E-state index contributed by atoms with van der Waals surface area (Å²) in [6, 6.07) is 2.97. The average molecular weight is 352 g/mol. The van der Waals surface area contributed by atoms with Crippen molar-refractivity contribution in [3.63, 3.8) is 0 Å². The molecule has 1 aromatic rings. The van der Waals surface area contributed by atoms with Gasteiger partial charge in [-0.25, -0.2) is 8.42 Å². The number of sulfonamides is 1. The molecule has 0 atom stereocenters. The van der Waals surface area contributed by atoms with Crippen molar-refractivity contribution in [2.75, 3.05) is 0 Å². The molecule has 1 aliphatic carbocycles. The topological polar surface area (TPSA) is 105 Å². The molecule has 0 saturated heterocycles. The molecule has 4 N–H and O–H groups in total. The maximum atomic E-state index is 12.5. The molecule has 0 spiro atoms. The summed E-state index contributed by atoms with van der Waals surface area (Å²) < 4.78 is 28.1. The second-order valence-electron chi connectivity index (χ2n) is 5.41. The smallest absolute Gasteiger partial charge is 0.251 e. The van der Waals surface area contributed by atoms with Crippen molar-refractivity contribution in [3.8, 4) is 0 Å². The Bertz CT molecular complexity index is 634. The van der Waals surface area contributed by atoms with Gasteiger partial charge < -0.3 is 10.9 Å². The Hall–Kier alpha value is -0.830. The fourth-order valence-electron chi connectivity index (χ4n) is 2.51. The van der Waals surface area contributed by atoms with Crippen LogP contribution in [0, 0.1) is 5.92 Å². The van der Waals surface area contributed by atoms with E-state index in [1.54, 1.807) is 0 Å². The summed E-state index contributed by atoms with van der Waals surface area (Å²) in [7, 11) is -3.76. The molecule has 0 bridgehead atoms. The first-order chi connectivity index (χ1) is 9.79. The van der Waals surface area contributed by atoms with Crippen molar-refractivity contribution in [3.05, 3.63) is 16.5 Å². The van der Waals surface area contributed by atoms with Crippen LogP contribution in [0.2, 0.25) is 4.34 Å². The van der Waals surface area contributed by atoms with Gasteiger partial charge in [0.25, 0.3) is 10.0 Å². The van der Waals surface area contributed by atoms with E-state index in [2.05, 4.69) is 16.8 Å². The highest BCUT2D eigenvalue weighted by molar-refractivity contribution is 7.91. The highest BCUT2D eigenvalue weighted by Gasteiger charge is 2.42. The van der Waals surface area contributed by atoms with Crippen molar-refractivity contribution >= 4 is 38.8 Å². The fourth-order valence-corrected chi connectivity index (χ4v) is 5.43. The molecule has 1 aromatic heterocycles. The van der Waals surface area contributed by atoms with E-state index >= 15 is 0 Å². The monoisotopic (exact) mass is 351 g/mol. The lowest BCUT2D eigenvalue weighted by Crippen LogP contribution is -2.58. The zero-order valence-corrected chi connectivity index (χ0v) is 13.9. The zero-order valence-electron chi connectivity index (χ0n) is 11.5. The minimum absolute atomic E-state index is 0.0966. The summed E-state index contributed by atoms with van der Waals surface area (Å²) in [5.74, 6) is 0.394. The van der Waals surface area contributed by atoms with Gasteiger partial charge in [-0.1, -0.05) is 23.7 Å². The van der Waals surface area contributed by atoms with E-state index in [1.165, 1.54) is 12.1 Å². The molecular formula is C12H18ClN3O3S2. The van der Waals surface area contributed by atoms with E-state index in [-0.39, 0.29) is 10.0 Å². The molecule has 118 valence electrons. The second kappa shape index (κ2) is 6.12. The number of halogens is 1. The molecule has 0 aromatic carbocycles. The van der Waals surface area contributed by atoms with Crippen LogP contribution in [-0.4, -0.2) is 25.0 Å². The maximum Gasteiger partial charge on any atom is 0.251 e. The molecule has 9 heteroatoms. The third-order valence-electron chi connectivity index (χ3n) is 3.87. The Morgan fingerprint density at radius 2 is 2.14 bits per heavy atom. The Morgan fingerprint density at radius 3 is 2.62 bits per heavy atom. The van der Waals surface area contributed by atoms with Gasteiger partial charge in [0.15, 0.2) is 5.84 Å². The normalized spacial score (nSPS) is 27.7. The van der Waals surface area contributed by atoms with Crippen molar-refractivity contribution in [1.82, 2.24) is 4.72 Å². The van der Waals surface area contributed by atoms with E-state index in [9.17, 15) is 8.42 Å². The number of rotatable bonds is 4. The first-order valence-corrected chi connectivity index (χ1v) is 9.24. The van der Waals surface area contributed by atoms with Crippen LogP contribution in [0.4, 0.5) is 0 Å². The molecule has 0 unspecified atom stereocenters. The van der Waals surface area contributed by atoms with E-state index in [4.69, 9.17) is 22.5 Å². The molecule has 21 heavy (non-hydrogen) atoms. The molecule has 1 saturated carbocycles. The van der Waals surface area contributed by atoms with Crippen LogP contribution in [-0.2, 0) is 10.0 Å². The maximum absolute atomic E-state index is 12.5. The lowest BCUT2D eigenvalue weighted by molar-refractivity contribution is 0.267. The summed E-state index contributed by atoms with van der Waals surface area (Å²) in [4.78, 5) is 0. The summed E-state index contributed by atoms with van der Waals surface area (Å²) in [5, 5.41) is 12.0. The SMILES string of the molecule is CC1CCC(NS(=O)(=O)c2ccc(Cl)s2)(/C(N)=N/O)CC1. The summed E-state index contributed by atoms with van der Waals surface area (Å²) in [6.45, 7) is 2.10. The highest BCUT2D eigenvalue weighted by atomic mass is 35.5. The second-order valence-corrected chi connectivity index (χ2v) is 9.04. The van der Waals surface area contributed by atoms with E-state index in [0.29, 0.717) is 23.1 Å². The third-order valence-corrected chi connectivity index (χ3v) is 7.13. The molecule has 1 aliphatic rings. The van der Waals surface area contributed by atoms with Crippen molar-refractivity contribution in [1.29, 1.82) is 0 Å². The Labute approximate surface area is 133 Å². The van der Waals surface area contributed by atoms with Gasteiger partial charge in [-0.15, -0.1) is 11.3 Å². The Morgan fingerprint density at radius 1 is 1.52 bits per heavy atom. The number of thiophene rings is 1. The largest absolute Gasteiger partial charge is 0.409 e. The van der Waals surface area contributed by atoms with Gasteiger partial charge in [0, 0.05) is 0 Å². The molecule has 0 aliphatic heterocycles. The van der Waals surface area contributed by atoms with Crippen molar-refractivity contribution < 1.29 is 13.6 Å². The van der Waals surface area contributed by atoms with Gasteiger partial charge >= 0.3 is 0 Å². The molecule has 1 fully saturated rings. The third kappa shape index (κ3) is 3.50. The molecule has 2 rings (SSSR count). The van der Waals surface area contributed by atoms with Crippen LogP contribution < -0.4 is 10.5 Å². The van der Waals surface area contributed by atoms with Gasteiger partial charge in [0.2, 0.25) is 0 Å². The number of hydrogen-bond acceptors (Lipinski definition) is 5. The number of nitrogens with zero attached hydrogens (tertiary/aromatic N) is 1. The number of hydrogen-bond donors (Lipinski definition) is 3.